The van der Waals surface area contributed by atoms with Crippen LogP contribution in [-0.4, -0.2) is 48.8 Å². The molecule has 0 N–H and O–H groups in total. The van der Waals surface area contributed by atoms with E-state index in [1.165, 1.54) is 0 Å². The van der Waals surface area contributed by atoms with Crippen LogP contribution in [0, 0.1) is 5.92 Å². The number of carbonyl (C=O) groups excluding carboxylic acids is 2. The second-order valence-corrected chi connectivity index (χ2v) is 6.36. The third-order valence-corrected chi connectivity index (χ3v) is 4.83. The zero-order valence-corrected chi connectivity index (χ0v) is 13.2. The van der Waals surface area contributed by atoms with E-state index in [4.69, 9.17) is 16.3 Å². The summed E-state index contributed by atoms with van der Waals surface area (Å²) in [5.41, 5.74) is 0.574. The zero-order valence-electron chi connectivity index (χ0n) is 12.5. The van der Waals surface area contributed by atoms with Gasteiger partial charge in [-0.2, -0.15) is 0 Å². The Morgan fingerprint density at radius 3 is 2.50 bits per heavy atom. The lowest BCUT2D eigenvalue weighted by Crippen LogP contribution is -2.51. The van der Waals surface area contributed by atoms with Crippen molar-refractivity contribution in [3.63, 3.8) is 0 Å². The molecule has 1 saturated heterocycles. The zero-order chi connectivity index (χ0) is 15.5. The highest BCUT2D eigenvalue weighted by molar-refractivity contribution is 6.30. The van der Waals surface area contributed by atoms with Crippen LogP contribution in [0.3, 0.4) is 0 Å². The second-order valence-electron chi connectivity index (χ2n) is 5.92. The van der Waals surface area contributed by atoms with Gasteiger partial charge in [-0.15, -0.1) is 0 Å². The number of hydrogen-bond donors (Lipinski definition) is 0. The van der Waals surface area contributed by atoms with Crippen molar-refractivity contribution >= 4 is 23.2 Å². The van der Waals surface area contributed by atoms with Gasteiger partial charge in [0.15, 0.2) is 11.6 Å². The number of carbonyl (C=O) groups is 2. The molecule has 22 heavy (non-hydrogen) atoms. The van der Waals surface area contributed by atoms with Gasteiger partial charge in [0.1, 0.15) is 0 Å². The first-order valence-electron chi connectivity index (χ1n) is 7.82. The molecule has 3 rings (SSSR count). The number of ether oxygens (including phenoxy) is 1. The van der Waals surface area contributed by atoms with Crippen LogP contribution in [0.25, 0.3) is 0 Å². The van der Waals surface area contributed by atoms with E-state index in [0.717, 1.165) is 25.9 Å². The summed E-state index contributed by atoms with van der Waals surface area (Å²) in [5.74, 6) is -0.504. The Bertz CT molecular complexity index is 552. The number of benzene rings is 1. The first-order valence-corrected chi connectivity index (χ1v) is 8.20. The Balaban J connectivity index is 1.74. The topological polar surface area (TPSA) is 46.6 Å². The minimum Gasteiger partial charge on any atom is -0.379 e. The molecule has 0 aromatic heterocycles. The van der Waals surface area contributed by atoms with E-state index in [9.17, 15) is 9.59 Å². The van der Waals surface area contributed by atoms with E-state index in [-0.39, 0.29) is 17.6 Å². The van der Waals surface area contributed by atoms with Crippen molar-refractivity contribution in [2.75, 3.05) is 26.3 Å². The SMILES string of the molecule is O=C(c1ccc(Cl)cc1)[C@H]1CCC[C@@H](N2CCOCC2)C1=O. The van der Waals surface area contributed by atoms with Crippen molar-refractivity contribution in [1.82, 2.24) is 4.90 Å². The summed E-state index contributed by atoms with van der Waals surface area (Å²) in [5, 5.41) is 0.595. The maximum Gasteiger partial charge on any atom is 0.173 e. The Morgan fingerprint density at radius 2 is 1.82 bits per heavy atom. The number of ketones is 2. The summed E-state index contributed by atoms with van der Waals surface area (Å²) < 4.78 is 5.35. The van der Waals surface area contributed by atoms with Crippen molar-refractivity contribution in [1.29, 1.82) is 0 Å². The number of nitrogens with zero attached hydrogens (tertiary/aromatic N) is 1. The molecule has 1 saturated carbocycles. The van der Waals surface area contributed by atoms with E-state index in [1.807, 2.05) is 0 Å². The Hall–Kier alpha value is -1.23. The van der Waals surface area contributed by atoms with Crippen LogP contribution in [0.4, 0.5) is 0 Å². The smallest absolute Gasteiger partial charge is 0.173 e. The van der Waals surface area contributed by atoms with Crippen molar-refractivity contribution in [2.24, 2.45) is 5.92 Å². The first kappa shape index (κ1) is 15.7. The number of morpholine rings is 1. The molecule has 1 aromatic carbocycles. The van der Waals surface area contributed by atoms with Gasteiger partial charge in [0.05, 0.1) is 25.2 Å². The summed E-state index contributed by atoms with van der Waals surface area (Å²) in [6, 6.07) is 6.68. The molecule has 1 aliphatic carbocycles. The van der Waals surface area contributed by atoms with Crippen LogP contribution in [0.1, 0.15) is 29.6 Å². The summed E-state index contributed by atoms with van der Waals surface area (Å²) >= 11 is 5.86. The predicted octanol–water partition coefficient (Wildman–Crippen LogP) is 2.59. The van der Waals surface area contributed by atoms with Gasteiger partial charge >= 0.3 is 0 Å². The van der Waals surface area contributed by atoms with Gasteiger partial charge < -0.3 is 4.74 Å². The normalized spacial score (nSPS) is 26.9. The van der Waals surface area contributed by atoms with Gasteiger partial charge in [0, 0.05) is 23.7 Å². The van der Waals surface area contributed by atoms with Gasteiger partial charge in [-0.3, -0.25) is 14.5 Å². The fourth-order valence-corrected chi connectivity index (χ4v) is 3.49. The molecule has 1 aromatic rings. The molecule has 5 heteroatoms. The molecule has 2 aliphatic rings. The quantitative estimate of drug-likeness (QED) is 0.634. The molecule has 2 atom stereocenters. The average molecular weight is 322 g/mol. The van der Waals surface area contributed by atoms with Crippen molar-refractivity contribution in [3.8, 4) is 0 Å². The highest BCUT2D eigenvalue weighted by atomic mass is 35.5. The molecule has 0 bridgehead atoms. The fraction of sp³-hybridized carbons (Fsp3) is 0.529. The van der Waals surface area contributed by atoms with E-state index in [0.29, 0.717) is 30.2 Å². The average Bonchev–Trinajstić information content (AvgIpc) is 2.56. The van der Waals surface area contributed by atoms with Crippen LogP contribution >= 0.6 is 11.6 Å². The second kappa shape index (κ2) is 6.90. The van der Waals surface area contributed by atoms with Crippen molar-refractivity contribution in [3.05, 3.63) is 34.9 Å². The summed E-state index contributed by atoms with van der Waals surface area (Å²) in [6.45, 7) is 2.88. The highest BCUT2D eigenvalue weighted by Crippen LogP contribution is 2.28. The number of hydrogen-bond acceptors (Lipinski definition) is 4. The van der Waals surface area contributed by atoms with Gasteiger partial charge in [0.2, 0.25) is 0 Å². The van der Waals surface area contributed by atoms with Gasteiger partial charge in [-0.1, -0.05) is 18.0 Å². The molecule has 0 unspecified atom stereocenters. The third kappa shape index (κ3) is 3.24. The van der Waals surface area contributed by atoms with Gasteiger partial charge in [-0.25, -0.2) is 0 Å². The number of halogens is 1. The number of rotatable bonds is 3. The Morgan fingerprint density at radius 1 is 1.14 bits per heavy atom. The van der Waals surface area contributed by atoms with E-state index >= 15 is 0 Å². The van der Waals surface area contributed by atoms with Crippen LogP contribution in [0.15, 0.2) is 24.3 Å². The van der Waals surface area contributed by atoms with Gasteiger partial charge in [-0.05, 0) is 37.1 Å². The molecule has 1 heterocycles. The standard InChI is InChI=1S/C17H20ClNO3/c18-13-6-4-12(5-7-13)16(20)14-2-1-3-15(17(14)21)19-8-10-22-11-9-19/h4-7,14-15H,1-3,8-11H2/t14-,15-/m1/s1. The monoisotopic (exact) mass is 321 g/mol. The first-order chi connectivity index (χ1) is 10.7. The lowest BCUT2D eigenvalue weighted by molar-refractivity contribution is -0.131. The molecule has 0 radical (unpaired) electrons. The van der Waals surface area contributed by atoms with Crippen LogP contribution in [0.5, 0.6) is 0 Å². The van der Waals surface area contributed by atoms with Crippen molar-refractivity contribution in [2.45, 2.75) is 25.3 Å². The lowest BCUT2D eigenvalue weighted by atomic mass is 9.79. The minimum absolute atomic E-state index is 0.0698. The Kier molecular flexibility index (Phi) is 4.91. The molecule has 0 spiro atoms. The largest absolute Gasteiger partial charge is 0.379 e. The van der Waals surface area contributed by atoms with Crippen LogP contribution < -0.4 is 0 Å². The summed E-state index contributed by atoms with van der Waals surface area (Å²) in [6.07, 6.45) is 2.42. The maximum absolute atomic E-state index is 12.8. The summed E-state index contributed by atoms with van der Waals surface area (Å²) in [4.78, 5) is 27.6. The molecule has 4 nitrogen and oxygen atoms in total. The van der Waals surface area contributed by atoms with E-state index < -0.39 is 5.92 Å². The Labute approximate surface area is 135 Å². The van der Waals surface area contributed by atoms with E-state index in [1.54, 1.807) is 24.3 Å². The molecular formula is C17H20ClNO3. The molecule has 1 aliphatic heterocycles. The van der Waals surface area contributed by atoms with Crippen LogP contribution in [0.2, 0.25) is 5.02 Å². The molecule has 118 valence electrons. The number of Topliss-reactive ketones (excluding diaryl/α,β-unsaturated/α-hetero) is 2. The third-order valence-electron chi connectivity index (χ3n) is 4.57. The van der Waals surface area contributed by atoms with E-state index in [2.05, 4.69) is 4.90 Å². The lowest BCUT2D eigenvalue weighted by Gasteiger charge is -2.37. The molecule has 2 fully saturated rings. The molecule has 0 amide bonds. The maximum atomic E-state index is 12.8. The van der Waals surface area contributed by atoms with Crippen LogP contribution in [-0.2, 0) is 9.53 Å². The van der Waals surface area contributed by atoms with Gasteiger partial charge in [0.25, 0.3) is 0 Å². The minimum atomic E-state index is -0.511. The van der Waals surface area contributed by atoms with Crippen molar-refractivity contribution < 1.29 is 14.3 Å². The summed E-state index contributed by atoms with van der Waals surface area (Å²) in [7, 11) is 0. The predicted molar refractivity (Wildman–Crippen MR) is 84.3 cm³/mol. The molecular weight excluding hydrogens is 302 g/mol. The highest BCUT2D eigenvalue weighted by Gasteiger charge is 2.39. The fourth-order valence-electron chi connectivity index (χ4n) is 3.36.